The molecule has 0 amide bonds. The summed E-state index contributed by atoms with van der Waals surface area (Å²) in [5, 5.41) is 17.2. The van der Waals surface area contributed by atoms with Crippen molar-refractivity contribution < 1.29 is 9.90 Å². The summed E-state index contributed by atoms with van der Waals surface area (Å²) in [6.45, 7) is 6.85. The summed E-state index contributed by atoms with van der Waals surface area (Å²) in [7, 11) is 0. The highest BCUT2D eigenvalue weighted by Crippen LogP contribution is 2.05. The minimum Gasteiger partial charge on any atom is -0.481 e. The Morgan fingerprint density at radius 1 is 1.50 bits per heavy atom. The summed E-state index contributed by atoms with van der Waals surface area (Å²) < 4.78 is 0. The first-order chi connectivity index (χ1) is 6.49. The normalized spacial score (nSPS) is 12.9. The van der Waals surface area contributed by atoms with E-state index in [1.54, 1.807) is 6.92 Å². The molecule has 14 heavy (non-hydrogen) atoms. The van der Waals surface area contributed by atoms with Crippen LogP contribution in [0.4, 0.5) is 0 Å². The van der Waals surface area contributed by atoms with Crippen LogP contribution in [0.3, 0.4) is 0 Å². The molecule has 0 aliphatic rings. The second-order valence-electron chi connectivity index (χ2n) is 3.74. The molecule has 0 rings (SSSR count). The van der Waals surface area contributed by atoms with Crippen molar-refractivity contribution in [2.45, 2.75) is 33.2 Å². The zero-order valence-corrected chi connectivity index (χ0v) is 9.03. The van der Waals surface area contributed by atoms with E-state index < -0.39 is 5.97 Å². The molecule has 0 aromatic carbocycles. The van der Waals surface area contributed by atoms with Gasteiger partial charge >= 0.3 is 5.97 Å². The zero-order valence-electron chi connectivity index (χ0n) is 9.03. The third-order valence-corrected chi connectivity index (χ3v) is 2.17. The van der Waals surface area contributed by atoms with E-state index in [0.29, 0.717) is 19.5 Å². The Labute approximate surface area is 85.1 Å². The van der Waals surface area contributed by atoms with Gasteiger partial charge in [-0.3, -0.25) is 9.69 Å². The number of carboxylic acid groups (broad SMARTS) is 1. The number of carbonyl (C=O) groups is 1. The SMILES string of the molecule is CC(CN(CCC#N)C(C)C)C(=O)O. The summed E-state index contributed by atoms with van der Waals surface area (Å²) in [5.41, 5.74) is 0. The maximum Gasteiger partial charge on any atom is 0.307 e. The van der Waals surface area contributed by atoms with Crippen LogP contribution in [0.25, 0.3) is 0 Å². The summed E-state index contributed by atoms with van der Waals surface area (Å²) in [6, 6.07) is 2.35. The van der Waals surface area contributed by atoms with E-state index in [4.69, 9.17) is 10.4 Å². The molecule has 0 fully saturated rings. The van der Waals surface area contributed by atoms with Crippen LogP contribution in [0, 0.1) is 17.2 Å². The van der Waals surface area contributed by atoms with Crippen LogP contribution < -0.4 is 0 Å². The van der Waals surface area contributed by atoms with E-state index in [1.165, 1.54) is 0 Å². The van der Waals surface area contributed by atoms with Crippen LogP contribution in [0.2, 0.25) is 0 Å². The number of hydrogen-bond acceptors (Lipinski definition) is 3. The molecule has 0 aromatic heterocycles. The molecule has 1 N–H and O–H groups in total. The molecule has 0 spiro atoms. The summed E-state index contributed by atoms with van der Waals surface area (Å²) in [5.74, 6) is -1.16. The van der Waals surface area contributed by atoms with Gasteiger partial charge in [-0.25, -0.2) is 0 Å². The minimum absolute atomic E-state index is 0.283. The quantitative estimate of drug-likeness (QED) is 0.699. The summed E-state index contributed by atoms with van der Waals surface area (Å²) >= 11 is 0. The van der Waals surface area contributed by atoms with Gasteiger partial charge in [0.2, 0.25) is 0 Å². The highest BCUT2D eigenvalue weighted by Gasteiger charge is 2.17. The molecule has 0 aliphatic heterocycles. The van der Waals surface area contributed by atoms with Crippen LogP contribution in [0.15, 0.2) is 0 Å². The Kier molecular flexibility index (Phi) is 5.89. The van der Waals surface area contributed by atoms with Gasteiger partial charge in [0.05, 0.1) is 12.0 Å². The van der Waals surface area contributed by atoms with Crippen molar-refractivity contribution in [3.8, 4) is 6.07 Å². The minimum atomic E-state index is -0.785. The van der Waals surface area contributed by atoms with E-state index in [9.17, 15) is 4.79 Å². The van der Waals surface area contributed by atoms with Gasteiger partial charge in [-0.05, 0) is 13.8 Å². The predicted molar refractivity (Wildman–Crippen MR) is 53.7 cm³/mol. The van der Waals surface area contributed by atoms with Crippen molar-refractivity contribution in [2.24, 2.45) is 5.92 Å². The van der Waals surface area contributed by atoms with E-state index >= 15 is 0 Å². The molecule has 0 aliphatic carbocycles. The molecular weight excluding hydrogens is 180 g/mol. The first-order valence-electron chi connectivity index (χ1n) is 4.82. The van der Waals surface area contributed by atoms with E-state index in [2.05, 4.69) is 6.07 Å². The lowest BCUT2D eigenvalue weighted by Gasteiger charge is -2.26. The molecule has 0 heterocycles. The molecule has 0 radical (unpaired) electrons. The number of nitriles is 1. The van der Waals surface area contributed by atoms with Crippen molar-refractivity contribution in [3.05, 3.63) is 0 Å². The van der Waals surface area contributed by atoms with Crippen LogP contribution >= 0.6 is 0 Å². The van der Waals surface area contributed by atoms with Crippen molar-refractivity contribution in [1.82, 2.24) is 4.90 Å². The van der Waals surface area contributed by atoms with E-state index in [1.807, 2.05) is 18.7 Å². The van der Waals surface area contributed by atoms with Crippen LogP contribution in [-0.2, 0) is 4.79 Å². The number of aliphatic carboxylic acids is 1. The highest BCUT2D eigenvalue weighted by molar-refractivity contribution is 5.69. The third-order valence-electron chi connectivity index (χ3n) is 2.17. The van der Waals surface area contributed by atoms with Gasteiger partial charge in [0, 0.05) is 25.6 Å². The highest BCUT2D eigenvalue weighted by atomic mass is 16.4. The Hall–Kier alpha value is -1.08. The zero-order chi connectivity index (χ0) is 11.1. The van der Waals surface area contributed by atoms with Gasteiger partial charge in [-0.15, -0.1) is 0 Å². The molecule has 0 saturated heterocycles. The van der Waals surface area contributed by atoms with Gasteiger partial charge in [-0.2, -0.15) is 5.26 Å². The second kappa shape index (κ2) is 6.39. The standard InChI is InChI=1S/C10H18N2O2/c1-8(2)12(6-4-5-11)7-9(3)10(13)14/h8-9H,4,6-7H2,1-3H3,(H,13,14). The molecule has 0 aromatic rings. The van der Waals surface area contributed by atoms with Gasteiger partial charge in [0.15, 0.2) is 0 Å². The molecule has 80 valence electrons. The first kappa shape index (κ1) is 12.9. The average Bonchev–Trinajstić information content (AvgIpc) is 2.10. The van der Waals surface area contributed by atoms with Gasteiger partial charge in [0.1, 0.15) is 0 Å². The molecule has 1 unspecified atom stereocenters. The van der Waals surface area contributed by atoms with Crippen molar-refractivity contribution in [3.63, 3.8) is 0 Å². The molecule has 0 bridgehead atoms. The fourth-order valence-electron chi connectivity index (χ4n) is 1.18. The largest absolute Gasteiger partial charge is 0.481 e. The Morgan fingerprint density at radius 3 is 2.43 bits per heavy atom. The van der Waals surface area contributed by atoms with Gasteiger partial charge < -0.3 is 5.11 Å². The Bertz CT molecular complexity index is 221. The van der Waals surface area contributed by atoms with Crippen LogP contribution in [0.1, 0.15) is 27.2 Å². The maximum absolute atomic E-state index is 10.6. The lowest BCUT2D eigenvalue weighted by Crippen LogP contribution is -2.37. The lowest BCUT2D eigenvalue weighted by molar-refractivity contribution is -0.141. The van der Waals surface area contributed by atoms with Crippen LogP contribution in [-0.4, -0.2) is 35.1 Å². The second-order valence-corrected chi connectivity index (χ2v) is 3.74. The van der Waals surface area contributed by atoms with Gasteiger partial charge in [0.25, 0.3) is 0 Å². The fourth-order valence-corrected chi connectivity index (χ4v) is 1.18. The number of rotatable bonds is 6. The molecule has 4 nitrogen and oxygen atoms in total. The fraction of sp³-hybridized carbons (Fsp3) is 0.800. The first-order valence-corrected chi connectivity index (χ1v) is 4.82. The summed E-state index contributed by atoms with van der Waals surface area (Å²) in [6.07, 6.45) is 0.449. The number of hydrogen-bond donors (Lipinski definition) is 1. The van der Waals surface area contributed by atoms with Crippen molar-refractivity contribution in [2.75, 3.05) is 13.1 Å². The van der Waals surface area contributed by atoms with Crippen LogP contribution in [0.5, 0.6) is 0 Å². The molecule has 1 atom stereocenters. The van der Waals surface area contributed by atoms with Crippen molar-refractivity contribution >= 4 is 5.97 Å². The molecule has 0 saturated carbocycles. The molecule has 4 heteroatoms. The maximum atomic E-state index is 10.6. The lowest BCUT2D eigenvalue weighted by atomic mass is 10.1. The Morgan fingerprint density at radius 2 is 2.07 bits per heavy atom. The Balaban J connectivity index is 4.10. The summed E-state index contributed by atoms with van der Waals surface area (Å²) in [4.78, 5) is 12.7. The van der Waals surface area contributed by atoms with E-state index in [0.717, 1.165) is 0 Å². The number of nitrogens with zero attached hydrogens (tertiary/aromatic N) is 2. The molecular formula is C10H18N2O2. The third kappa shape index (κ3) is 4.83. The monoisotopic (exact) mass is 198 g/mol. The number of carboxylic acids is 1. The van der Waals surface area contributed by atoms with Gasteiger partial charge in [-0.1, -0.05) is 6.92 Å². The van der Waals surface area contributed by atoms with E-state index in [-0.39, 0.29) is 12.0 Å². The smallest absolute Gasteiger partial charge is 0.307 e. The average molecular weight is 198 g/mol. The van der Waals surface area contributed by atoms with Crippen molar-refractivity contribution in [1.29, 1.82) is 5.26 Å². The topological polar surface area (TPSA) is 64.3 Å². The predicted octanol–water partition coefficient (Wildman–Crippen LogP) is 1.33.